The lowest BCUT2D eigenvalue weighted by Crippen LogP contribution is -2.19. The van der Waals surface area contributed by atoms with Crippen molar-refractivity contribution in [1.29, 1.82) is 0 Å². The number of hydrogen-bond donors (Lipinski definition) is 0. The second kappa shape index (κ2) is 6.21. The van der Waals surface area contributed by atoms with Crippen LogP contribution in [0.15, 0.2) is 28.9 Å². The fraction of sp³-hybridized carbons (Fsp3) is 0.154. The Bertz CT molecular complexity index is 720. The molecule has 0 radical (unpaired) electrons. The molecule has 0 bridgehead atoms. The number of nitrogens with zero attached hydrogens (tertiary/aromatic N) is 2. The predicted octanol–water partition coefficient (Wildman–Crippen LogP) is 4.36. The molecule has 22 heavy (non-hydrogen) atoms. The van der Waals surface area contributed by atoms with Gasteiger partial charge in [0.15, 0.2) is 11.4 Å². The number of ether oxygens (including phenoxy) is 1. The molecule has 0 saturated heterocycles. The van der Waals surface area contributed by atoms with Crippen LogP contribution in [0.5, 0.6) is 0 Å². The molecule has 1 aromatic carbocycles. The molecule has 0 atom stereocenters. The highest BCUT2D eigenvalue weighted by Crippen LogP contribution is 2.34. The van der Waals surface area contributed by atoms with Crippen molar-refractivity contribution in [2.75, 3.05) is 7.11 Å². The second-order valence-electron chi connectivity index (χ2n) is 4.06. The molecule has 0 fully saturated rings. The molecule has 2 aromatic rings. The average Bonchev–Trinajstić information content (AvgIpc) is 2.46. The van der Waals surface area contributed by atoms with Gasteiger partial charge in [0, 0.05) is 10.6 Å². The number of methoxy groups -OCH3 is 1. The highest BCUT2D eigenvalue weighted by atomic mass is 79.9. The summed E-state index contributed by atoms with van der Waals surface area (Å²) in [5.41, 5.74) is -1.79. The summed E-state index contributed by atoms with van der Waals surface area (Å²) < 4.78 is 43.1. The van der Waals surface area contributed by atoms with Crippen LogP contribution in [0.1, 0.15) is 16.2 Å². The molecular weight excluding hydrogens is 389 g/mol. The average molecular weight is 396 g/mol. The van der Waals surface area contributed by atoms with Gasteiger partial charge in [0.2, 0.25) is 0 Å². The monoisotopic (exact) mass is 394 g/mol. The van der Waals surface area contributed by atoms with E-state index in [-0.39, 0.29) is 10.3 Å². The molecule has 0 saturated carbocycles. The molecule has 0 aliphatic heterocycles. The van der Waals surface area contributed by atoms with Gasteiger partial charge in [0.25, 0.3) is 0 Å². The number of hydrogen-bond acceptors (Lipinski definition) is 4. The zero-order chi connectivity index (χ0) is 16.5. The number of esters is 1. The van der Waals surface area contributed by atoms with Gasteiger partial charge in [0.05, 0.1) is 7.11 Å². The predicted molar refractivity (Wildman–Crippen MR) is 76.5 cm³/mol. The van der Waals surface area contributed by atoms with Crippen molar-refractivity contribution in [2.24, 2.45) is 0 Å². The molecule has 0 aliphatic carbocycles. The SMILES string of the molecule is COC(=O)c1nc(-c2ccc(Cl)cc2)c(Br)nc1C(F)(F)F. The Morgan fingerprint density at radius 2 is 1.82 bits per heavy atom. The highest BCUT2D eigenvalue weighted by Gasteiger charge is 2.39. The van der Waals surface area contributed by atoms with Gasteiger partial charge in [-0.05, 0) is 28.1 Å². The lowest BCUT2D eigenvalue weighted by Gasteiger charge is -2.12. The Kier molecular flexibility index (Phi) is 4.72. The fourth-order valence-electron chi connectivity index (χ4n) is 1.64. The first-order valence-electron chi connectivity index (χ1n) is 5.73. The van der Waals surface area contributed by atoms with Crippen LogP contribution in [0.25, 0.3) is 11.3 Å². The maximum Gasteiger partial charge on any atom is 0.435 e. The zero-order valence-electron chi connectivity index (χ0n) is 10.9. The highest BCUT2D eigenvalue weighted by molar-refractivity contribution is 9.10. The molecule has 0 N–H and O–H groups in total. The van der Waals surface area contributed by atoms with E-state index in [0.29, 0.717) is 10.6 Å². The molecule has 0 unspecified atom stereocenters. The van der Waals surface area contributed by atoms with Crippen molar-refractivity contribution in [3.63, 3.8) is 0 Å². The molecule has 9 heteroatoms. The number of rotatable bonds is 2. The van der Waals surface area contributed by atoms with Crippen LogP contribution in [0.2, 0.25) is 5.02 Å². The van der Waals surface area contributed by atoms with Crippen LogP contribution in [-0.4, -0.2) is 23.0 Å². The van der Waals surface area contributed by atoms with Crippen molar-refractivity contribution >= 4 is 33.5 Å². The van der Waals surface area contributed by atoms with Crippen molar-refractivity contribution < 1.29 is 22.7 Å². The first-order valence-corrected chi connectivity index (χ1v) is 6.90. The molecule has 0 spiro atoms. The third kappa shape index (κ3) is 3.38. The van der Waals surface area contributed by atoms with E-state index < -0.39 is 23.5 Å². The molecule has 0 amide bonds. The van der Waals surface area contributed by atoms with E-state index >= 15 is 0 Å². The van der Waals surface area contributed by atoms with E-state index in [1.165, 1.54) is 0 Å². The van der Waals surface area contributed by atoms with E-state index in [1.807, 2.05) is 0 Å². The lowest BCUT2D eigenvalue weighted by molar-refractivity contribution is -0.142. The largest absolute Gasteiger partial charge is 0.464 e. The Hall–Kier alpha value is -1.67. The zero-order valence-corrected chi connectivity index (χ0v) is 13.3. The molecule has 4 nitrogen and oxygen atoms in total. The second-order valence-corrected chi connectivity index (χ2v) is 5.24. The summed E-state index contributed by atoms with van der Waals surface area (Å²) in [7, 11) is 0.966. The van der Waals surface area contributed by atoms with E-state index in [4.69, 9.17) is 11.6 Å². The van der Waals surface area contributed by atoms with Gasteiger partial charge >= 0.3 is 12.1 Å². The smallest absolute Gasteiger partial charge is 0.435 e. The number of alkyl halides is 3. The fourth-order valence-corrected chi connectivity index (χ4v) is 2.26. The van der Waals surface area contributed by atoms with Crippen LogP contribution in [0, 0.1) is 0 Å². The summed E-state index contributed by atoms with van der Waals surface area (Å²) in [5, 5.41) is 0.452. The Labute approximate surface area is 136 Å². The number of carbonyl (C=O) groups is 1. The minimum absolute atomic E-state index is 0.0741. The summed E-state index contributed by atoms with van der Waals surface area (Å²) >= 11 is 8.70. The Balaban J connectivity index is 2.67. The third-order valence-corrected chi connectivity index (χ3v) is 3.42. The maximum absolute atomic E-state index is 13.0. The third-order valence-electron chi connectivity index (χ3n) is 2.62. The van der Waals surface area contributed by atoms with E-state index in [2.05, 4.69) is 30.6 Å². The molecule has 2 rings (SSSR count). The summed E-state index contributed by atoms with van der Waals surface area (Å²) in [6.07, 6.45) is -4.84. The summed E-state index contributed by atoms with van der Waals surface area (Å²) in [4.78, 5) is 18.7. The first-order chi connectivity index (χ1) is 10.2. The Morgan fingerprint density at radius 3 is 2.32 bits per heavy atom. The quantitative estimate of drug-likeness (QED) is 0.709. The van der Waals surface area contributed by atoms with Gasteiger partial charge < -0.3 is 4.74 Å². The van der Waals surface area contributed by atoms with Crippen LogP contribution >= 0.6 is 27.5 Å². The first kappa shape index (κ1) is 16.7. The van der Waals surface area contributed by atoms with E-state index in [1.54, 1.807) is 24.3 Å². The maximum atomic E-state index is 13.0. The number of benzene rings is 1. The van der Waals surface area contributed by atoms with Crippen LogP contribution in [0.4, 0.5) is 13.2 Å². The number of aromatic nitrogens is 2. The lowest BCUT2D eigenvalue weighted by atomic mass is 10.1. The van der Waals surface area contributed by atoms with Crippen molar-refractivity contribution in [3.8, 4) is 11.3 Å². The van der Waals surface area contributed by atoms with Gasteiger partial charge in [-0.15, -0.1) is 0 Å². The number of halogens is 5. The standard InChI is InChI=1S/C13H7BrClF3N2O2/c1-22-12(21)9-10(13(16,17)18)20-11(14)8(19-9)6-2-4-7(15)5-3-6/h2-5H,1H3. The minimum Gasteiger partial charge on any atom is -0.464 e. The topological polar surface area (TPSA) is 52.1 Å². The van der Waals surface area contributed by atoms with Gasteiger partial charge in [-0.1, -0.05) is 23.7 Å². The molecule has 0 aliphatic rings. The van der Waals surface area contributed by atoms with E-state index in [9.17, 15) is 18.0 Å². The van der Waals surface area contributed by atoms with Crippen LogP contribution in [-0.2, 0) is 10.9 Å². The van der Waals surface area contributed by atoms with Crippen molar-refractivity contribution in [1.82, 2.24) is 9.97 Å². The van der Waals surface area contributed by atoms with Gasteiger partial charge in [0.1, 0.15) is 10.3 Å². The molecule has 116 valence electrons. The van der Waals surface area contributed by atoms with Crippen LogP contribution < -0.4 is 0 Å². The number of carbonyl (C=O) groups excluding carboxylic acids is 1. The summed E-state index contributed by atoms with van der Waals surface area (Å²) in [6.45, 7) is 0. The normalized spacial score (nSPS) is 11.4. The molecule has 1 aromatic heterocycles. The van der Waals surface area contributed by atoms with Gasteiger partial charge in [-0.3, -0.25) is 0 Å². The minimum atomic E-state index is -4.84. The van der Waals surface area contributed by atoms with E-state index in [0.717, 1.165) is 7.11 Å². The molecular formula is C13H7BrClF3N2O2. The molecule has 1 heterocycles. The summed E-state index contributed by atoms with van der Waals surface area (Å²) in [6, 6.07) is 6.18. The van der Waals surface area contributed by atoms with Crippen LogP contribution in [0.3, 0.4) is 0 Å². The van der Waals surface area contributed by atoms with Gasteiger partial charge in [-0.2, -0.15) is 13.2 Å². The van der Waals surface area contributed by atoms with Gasteiger partial charge in [-0.25, -0.2) is 14.8 Å². The Morgan fingerprint density at radius 1 is 1.23 bits per heavy atom. The van der Waals surface area contributed by atoms with Crippen molar-refractivity contribution in [2.45, 2.75) is 6.18 Å². The summed E-state index contributed by atoms with van der Waals surface area (Å²) in [5.74, 6) is -1.22. The van der Waals surface area contributed by atoms with Crippen molar-refractivity contribution in [3.05, 3.63) is 45.3 Å².